The van der Waals surface area contributed by atoms with Gasteiger partial charge in [-0.2, -0.15) is 13.2 Å². The number of alkyl halides is 3. The highest BCUT2D eigenvalue weighted by molar-refractivity contribution is 6.38. The van der Waals surface area contributed by atoms with E-state index in [1.54, 1.807) is 24.3 Å². The van der Waals surface area contributed by atoms with Crippen LogP contribution in [-0.4, -0.2) is 48.1 Å². The van der Waals surface area contributed by atoms with Crippen molar-refractivity contribution < 1.29 is 37.1 Å². The molecule has 2 amide bonds. The van der Waals surface area contributed by atoms with Gasteiger partial charge < -0.3 is 10.1 Å². The Morgan fingerprint density at radius 1 is 1.25 bits per heavy atom. The molecule has 0 bridgehead atoms. The number of rotatable bonds is 9. The molecule has 0 aliphatic heterocycles. The van der Waals surface area contributed by atoms with E-state index in [1.807, 2.05) is 0 Å². The first-order chi connectivity index (χ1) is 12.9. The Morgan fingerprint density at radius 2 is 1.89 bits per heavy atom. The van der Waals surface area contributed by atoms with E-state index in [0.717, 1.165) is 0 Å². The number of halogens is 3. The van der Waals surface area contributed by atoms with Crippen molar-refractivity contribution in [3.8, 4) is 5.75 Å². The molecule has 1 aromatic rings. The summed E-state index contributed by atoms with van der Waals surface area (Å²) < 4.78 is 43.7. The first kappa shape index (κ1) is 23.4. The second-order valence-electron chi connectivity index (χ2n) is 6.90. The Kier molecular flexibility index (Phi) is 7.98. The van der Waals surface area contributed by atoms with Crippen molar-refractivity contribution in [1.29, 1.82) is 0 Å². The van der Waals surface area contributed by atoms with Crippen molar-refractivity contribution in [1.82, 2.24) is 10.4 Å². The minimum Gasteiger partial charge on any atom is -0.497 e. The molecule has 1 N–H and O–H groups in total. The Hall–Kier alpha value is -2.62. The van der Waals surface area contributed by atoms with Gasteiger partial charge in [0.05, 0.1) is 19.1 Å². The molecule has 0 aromatic heterocycles. The number of Topliss-reactive ketones (excluding diaryl/α,β-unsaturated/α-hetero) is 1. The number of hydrogen-bond donors (Lipinski definition) is 1. The molecule has 0 radical (unpaired) electrons. The van der Waals surface area contributed by atoms with E-state index in [0.29, 0.717) is 11.3 Å². The molecule has 1 aromatic carbocycles. The van der Waals surface area contributed by atoms with Gasteiger partial charge in [-0.25, -0.2) is 5.06 Å². The fraction of sp³-hybridized carbons (Fsp3) is 0.500. The smallest absolute Gasteiger partial charge is 0.391 e. The Bertz CT molecular complexity index is 701. The summed E-state index contributed by atoms with van der Waals surface area (Å²) in [5.74, 6) is -2.18. The molecule has 10 heteroatoms. The standard InChI is InChI=1S/C18H23F3N2O5/c1-17(2,3)28-23(11-24)14(9-18(19,20)21)15(25)16(26)22-10-12-6-5-7-13(8-12)27-4/h5-8,11,14H,9-10H2,1-4H3,(H,22,26). The predicted molar refractivity (Wildman–Crippen MR) is 93.0 cm³/mol. The number of hydroxylamine groups is 2. The fourth-order valence-electron chi connectivity index (χ4n) is 2.20. The largest absolute Gasteiger partial charge is 0.497 e. The molecule has 0 heterocycles. The topological polar surface area (TPSA) is 84.9 Å². The van der Waals surface area contributed by atoms with Crippen LogP contribution in [0.5, 0.6) is 5.75 Å². The third-order valence-corrected chi connectivity index (χ3v) is 3.33. The third-order valence-electron chi connectivity index (χ3n) is 3.33. The highest BCUT2D eigenvalue weighted by Crippen LogP contribution is 2.26. The van der Waals surface area contributed by atoms with E-state index in [-0.39, 0.29) is 18.0 Å². The van der Waals surface area contributed by atoms with Crippen LogP contribution >= 0.6 is 0 Å². The lowest BCUT2D eigenvalue weighted by Gasteiger charge is -2.32. The van der Waals surface area contributed by atoms with Crippen molar-refractivity contribution in [2.24, 2.45) is 0 Å². The molecule has 1 atom stereocenters. The maximum absolute atomic E-state index is 12.9. The second kappa shape index (κ2) is 9.54. The summed E-state index contributed by atoms with van der Waals surface area (Å²) in [7, 11) is 1.45. The van der Waals surface area contributed by atoms with E-state index in [4.69, 9.17) is 9.57 Å². The number of carbonyl (C=O) groups is 3. The molecule has 0 aliphatic rings. The zero-order valence-corrected chi connectivity index (χ0v) is 16.0. The van der Waals surface area contributed by atoms with Crippen LogP contribution in [0.25, 0.3) is 0 Å². The molecule has 28 heavy (non-hydrogen) atoms. The minimum absolute atomic E-state index is 0.0467. The van der Waals surface area contributed by atoms with Crippen LogP contribution in [0, 0.1) is 0 Å². The Morgan fingerprint density at radius 3 is 2.39 bits per heavy atom. The van der Waals surface area contributed by atoms with Crippen LogP contribution in [0.1, 0.15) is 32.8 Å². The van der Waals surface area contributed by atoms with E-state index in [1.165, 1.54) is 27.9 Å². The van der Waals surface area contributed by atoms with Gasteiger partial charge in [-0.3, -0.25) is 19.2 Å². The quantitative estimate of drug-likeness (QED) is 0.388. The summed E-state index contributed by atoms with van der Waals surface area (Å²) >= 11 is 0. The zero-order chi connectivity index (χ0) is 21.5. The lowest BCUT2D eigenvalue weighted by atomic mass is 10.1. The second-order valence-corrected chi connectivity index (χ2v) is 6.90. The van der Waals surface area contributed by atoms with Gasteiger partial charge in [-0.05, 0) is 38.5 Å². The van der Waals surface area contributed by atoms with E-state index < -0.39 is 35.9 Å². The number of hydrogen-bond acceptors (Lipinski definition) is 5. The number of nitrogens with one attached hydrogen (secondary N) is 1. The molecule has 0 saturated carbocycles. The molecule has 0 saturated heterocycles. The average molecular weight is 404 g/mol. The number of ketones is 1. The Balaban J connectivity index is 2.93. The molecule has 1 unspecified atom stereocenters. The Labute approximate surface area is 160 Å². The highest BCUT2D eigenvalue weighted by Gasteiger charge is 2.42. The van der Waals surface area contributed by atoms with Crippen LogP contribution in [-0.2, 0) is 25.8 Å². The molecule has 156 valence electrons. The lowest BCUT2D eigenvalue weighted by molar-refractivity contribution is -0.244. The van der Waals surface area contributed by atoms with Gasteiger partial charge in [0.15, 0.2) is 0 Å². The van der Waals surface area contributed by atoms with E-state index >= 15 is 0 Å². The maximum atomic E-state index is 12.9. The van der Waals surface area contributed by atoms with Gasteiger partial charge in [0.1, 0.15) is 11.8 Å². The van der Waals surface area contributed by atoms with Gasteiger partial charge in [-0.1, -0.05) is 12.1 Å². The van der Waals surface area contributed by atoms with Crippen molar-refractivity contribution in [3.63, 3.8) is 0 Å². The van der Waals surface area contributed by atoms with E-state index in [2.05, 4.69) is 5.32 Å². The molecular weight excluding hydrogens is 381 g/mol. The molecule has 7 nitrogen and oxygen atoms in total. The van der Waals surface area contributed by atoms with Crippen LogP contribution in [0.4, 0.5) is 13.2 Å². The normalized spacial score (nSPS) is 12.8. The minimum atomic E-state index is -4.80. The molecule has 0 spiro atoms. The number of amides is 2. The first-order valence-electron chi connectivity index (χ1n) is 8.31. The third kappa shape index (κ3) is 7.95. The molecule has 0 aliphatic carbocycles. The summed E-state index contributed by atoms with van der Waals surface area (Å²) in [6, 6.07) is 4.42. The summed E-state index contributed by atoms with van der Waals surface area (Å²) in [5.41, 5.74) is -0.478. The maximum Gasteiger partial charge on any atom is 0.391 e. The average Bonchev–Trinajstić information content (AvgIpc) is 2.60. The highest BCUT2D eigenvalue weighted by atomic mass is 19.4. The first-order valence-corrected chi connectivity index (χ1v) is 8.31. The summed E-state index contributed by atoms with van der Waals surface area (Å²) in [5, 5.41) is 2.49. The number of methoxy groups -OCH3 is 1. The van der Waals surface area contributed by atoms with Gasteiger partial charge in [0, 0.05) is 6.54 Å². The van der Waals surface area contributed by atoms with Gasteiger partial charge in [0.2, 0.25) is 12.2 Å². The number of carbonyl (C=O) groups excluding carboxylic acids is 3. The summed E-state index contributed by atoms with van der Waals surface area (Å²) in [4.78, 5) is 40.8. The van der Waals surface area contributed by atoms with Crippen molar-refractivity contribution in [2.45, 2.75) is 51.6 Å². The fourth-order valence-corrected chi connectivity index (χ4v) is 2.20. The zero-order valence-electron chi connectivity index (χ0n) is 16.0. The van der Waals surface area contributed by atoms with Gasteiger partial charge in [0.25, 0.3) is 5.91 Å². The van der Waals surface area contributed by atoms with Crippen LogP contribution in [0.2, 0.25) is 0 Å². The van der Waals surface area contributed by atoms with Gasteiger partial charge >= 0.3 is 6.18 Å². The van der Waals surface area contributed by atoms with Crippen LogP contribution < -0.4 is 10.1 Å². The predicted octanol–water partition coefficient (Wildman–Crippen LogP) is 2.39. The van der Waals surface area contributed by atoms with Crippen LogP contribution in [0.3, 0.4) is 0 Å². The molecular formula is C18H23F3N2O5. The monoisotopic (exact) mass is 404 g/mol. The SMILES string of the molecule is COc1cccc(CNC(=O)C(=O)C(CC(F)(F)F)N(C=O)OC(C)(C)C)c1. The van der Waals surface area contributed by atoms with Gasteiger partial charge in [-0.15, -0.1) is 0 Å². The molecule has 0 fully saturated rings. The van der Waals surface area contributed by atoms with Crippen molar-refractivity contribution in [2.75, 3.05) is 7.11 Å². The summed E-state index contributed by atoms with van der Waals surface area (Å²) in [6.45, 7) is 4.35. The van der Waals surface area contributed by atoms with Crippen molar-refractivity contribution in [3.05, 3.63) is 29.8 Å². The number of benzene rings is 1. The summed E-state index contributed by atoms with van der Waals surface area (Å²) in [6.07, 6.45) is -6.56. The lowest BCUT2D eigenvalue weighted by Crippen LogP contribution is -2.51. The van der Waals surface area contributed by atoms with E-state index in [9.17, 15) is 27.6 Å². The number of ether oxygens (including phenoxy) is 1. The van der Waals surface area contributed by atoms with Crippen molar-refractivity contribution >= 4 is 18.1 Å². The van der Waals surface area contributed by atoms with Crippen LogP contribution in [0.15, 0.2) is 24.3 Å². The molecule has 1 rings (SSSR count). The number of nitrogens with zero attached hydrogens (tertiary/aromatic N) is 1.